The molecule has 1 aromatic heterocycles. The molecule has 1 aromatic carbocycles. The molecule has 10 nitrogen and oxygen atoms in total. The first-order valence-corrected chi connectivity index (χ1v) is 10.4. The Hall–Kier alpha value is -3.48. The second-order valence-corrected chi connectivity index (χ2v) is 7.63. The lowest BCUT2D eigenvalue weighted by Crippen LogP contribution is -2.42. The van der Waals surface area contributed by atoms with Gasteiger partial charge in [-0.15, -0.1) is 0 Å². The van der Waals surface area contributed by atoms with E-state index in [1.165, 1.54) is 12.1 Å². The van der Waals surface area contributed by atoms with Crippen LogP contribution in [0.1, 0.15) is 30.5 Å². The Bertz CT molecular complexity index is 939. The van der Waals surface area contributed by atoms with Crippen molar-refractivity contribution < 1.29 is 48.3 Å². The quantitative estimate of drug-likeness (QED) is 0.302. The highest BCUT2D eigenvalue weighted by atomic mass is 19.1. The Labute approximate surface area is 200 Å². The number of hydrogen-bond acceptors (Lipinski definition) is 7. The molecule has 2 rings (SSSR count). The Balaban J connectivity index is 0.000000405. The fraction of sp³-hybridized carbons (Fsp3) is 0.391. The van der Waals surface area contributed by atoms with Gasteiger partial charge in [0, 0.05) is 45.6 Å². The first-order valence-electron chi connectivity index (χ1n) is 10.4. The third-order valence-electron chi connectivity index (χ3n) is 4.55. The molecule has 0 amide bonds. The second kappa shape index (κ2) is 14.7. The Morgan fingerprint density at radius 2 is 1.60 bits per heavy atom. The number of carbonyl (C=O) groups is 3. The average molecular weight is 498 g/mol. The third kappa shape index (κ3) is 12.0. The van der Waals surface area contributed by atoms with Gasteiger partial charge in [0.15, 0.2) is 5.60 Å². The molecule has 0 atom stereocenters. The zero-order valence-electron chi connectivity index (χ0n) is 19.1. The molecular weight excluding hydrogens is 470 g/mol. The van der Waals surface area contributed by atoms with Gasteiger partial charge >= 0.3 is 17.9 Å². The summed E-state index contributed by atoms with van der Waals surface area (Å²) in [5.41, 5.74) is -1.19. The van der Waals surface area contributed by atoms with E-state index in [-0.39, 0.29) is 0 Å². The summed E-state index contributed by atoms with van der Waals surface area (Å²) >= 11 is 0. The van der Waals surface area contributed by atoms with Crippen LogP contribution in [-0.2, 0) is 32.2 Å². The molecule has 0 aliphatic rings. The number of methoxy groups -OCH3 is 1. The summed E-state index contributed by atoms with van der Waals surface area (Å²) < 4.78 is 31.7. The monoisotopic (exact) mass is 498 g/mol. The molecule has 0 aliphatic heterocycles. The van der Waals surface area contributed by atoms with Gasteiger partial charge < -0.3 is 25.2 Å². The van der Waals surface area contributed by atoms with Crippen molar-refractivity contribution in [3.8, 4) is 0 Å². The maximum atomic E-state index is 13.3. The number of rotatable bonds is 13. The van der Waals surface area contributed by atoms with Crippen LogP contribution in [0.3, 0.4) is 0 Å². The number of benzene rings is 1. The van der Waals surface area contributed by atoms with Gasteiger partial charge in [0.2, 0.25) is 0 Å². The number of aromatic nitrogens is 1. The molecule has 0 spiro atoms. The molecular formula is C23H28F2N2O8. The minimum absolute atomic E-state index is 0.467. The highest BCUT2D eigenvalue weighted by molar-refractivity contribution is 5.88. The van der Waals surface area contributed by atoms with Crippen LogP contribution < -0.4 is 0 Å². The van der Waals surface area contributed by atoms with Crippen LogP contribution in [0.5, 0.6) is 0 Å². The predicted molar refractivity (Wildman–Crippen MR) is 118 cm³/mol. The first kappa shape index (κ1) is 29.6. The zero-order chi connectivity index (χ0) is 26.4. The maximum absolute atomic E-state index is 13.3. The third-order valence-corrected chi connectivity index (χ3v) is 4.55. The molecule has 35 heavy (non-hydrogen) atoms. The number of aliphatic hydroxyl groups is 1. The molecule has 0 bridgehead atoms. The van der Waals surface area contributed by atoms with Crippen LogP contribution in [0.15, 0.2) is 42.6 Å². The molecule has 2 aromatic rings. The van der Waals surface area contributed by atoms with Gasteiger partial charge in [-0.25, -0.2) is 13.6 Å². The largest absolute Gasteiger partial charge is 0.481 e. The minimum atomic E-state index is -2.74. The van der Waals surface area contributed by atoms with Crippen molar-refractivity contribution in [1.82, 2.24) is 9.88 Å². The van der Waals surface area contributed by atoms with E-state index < -0.39 is 48.0 Å². The standard InChI is InChI=1S/C17H20F2N2O.C6H8O7/c1-22-8-4-7-21(13-17-5-2-3-6-20-17)12-14-9-15(18)11-16(19)10-14;7-3(8)1-6(13,5(11)12)2-4(9)10/h2-3,5-6,9-11H,4,7-8,12-13H2,1H3;13H,1-2H2,(H,7,8)(H,9,10)(H,11,12). The highest BCUT2D eigenvalue weighted by Gasteiger charge is 2.40. The van der Waals surface area contributed by atoms with Crippen LogP contribution in [0.25, 0.3) is 0 Å². The summed E-state index contributed by atoms with van der Waals surface area (Å²) in [7, 11) is 1.66. The Morgan fingerprint density at radius 3 is 2.06 bits per heavy atom. The van der Waals surface area contributed by atoms with Crippen molar-refractivity contribution in [2.24, 2.45) is 0 Å². The van der Waals surface area contributed by atoms with Crippen molar-refractivity contribution >= 4 is 17.9 Å². The van der Waals surface area contributed by atoms with Crippen molar-refractivity contribution in [3.63, 3.8) is 0 Å². The van der Waals surface area contributed by atoms with Gasteiger partial charge in [0.25, 0.3) is 0 Å². The topological polar surface area (TPSA) is 157 Å². The van der Waals surface area contributed by atoms with Crippen molar-refractivity contribution in [3.05, 3.63) is 65.5 Å². The Kier molecular flexibility index (Phi) is 12.4. The molecule has 192 valence electrons. The maximum Gasteiger partial charge on any atom is 0.336 e. The molecule has 1 heterocycles. The highest BCUT2D eigenvalue weighted by Crippen LogP contribution is 2.16. The number of ether oxygens (including phenoxy) is 1. The number of nitrogens with zero attached hydrogens (tertiary/aromatic N) is 2. The Morgan fingerprint density at radius 1 is 1.00 bits per heavy atom. The van der Waals surface area contributed by atoms with Crippen LogP contribution >= 0.6 is 0 Å². The van der Waals surface area contributed by atoms with Gasteiger partial charge in [-0.05, 0) is 36.2 Å². The number of pyridine rings is 1. The van der Waals surface area contributed by atoms with Gasteiger partial charge in [-0.1, -0.05) is 6.07 Å². The van der Waals surface area contributed by atoms with Gasteiger partial charge in [0.1, 0.15) is 11.6 Å². The molecule has 0 fully saturated rings. The molecule has 12 heteroatoms. The smallest absolute Gasteiger partial charge is 0.336 e. The fourth-order valence-electron chi connectivity index (χ4n) is 3.04. The van der Waals surface area contributed by atoms with E-state index in [0.29, 0.717) is 25.3 Å². The van der Waals surface area contributed by atoms with E-state index in [9.17, 15) is 23.2 Å². The van der Waals surface area contributed by atoms with E-state index >= 15 is 0 Å². The van der Waals surface area contributed by atoms with E-state index in [4.69, 9.17) is 25.2 Å². The normalized spacial score (nSPS) is 11.0. The number of carboxylic acids is 3. The lowest BCUT2D eigenvalue weighted by molar-refractivity contribution is -0.170. The summed E-state index contributed by atoms with van der Waals surface area (Å²) in [5.74, 6) is -6.12. The zero-order valence-corrected chi connectivity index (χ0v) is 19.1. The second-order valence-electron chi connectivity index (χ2n) is 7.63. The molecule has 0 saturated carbocycles. The lowest BCUT2D eigenvalue weighted by Gasteiger charge is -2.22. The van der Waals surface area contributed by atoms with Crippen LogP contribution in [-0.4, -0.2) is 74.1 Å². The van der Waals surface area contributed by atoms with Crippen LogP contribution in [0.4, 0.5) is 8.78 Å². The molecule has 0 saturated heterocycles. The summed E-state index contributed by atoms with van der Waals surface area (Å²) in [6.45, 7) is 2.51. The molecule has 0 unspecified atom stereocenters. The van der Waals surface area contributed by atoms with Crippen molar-refractivity contribution in [1.29, 1.82) is 0 Å². The van der Waals surface area contributed by atoms with E-state index in [1.54, 1.807) is 13.3 Å². The molecule has 4 N–H and O–H groups in total. The minimum Gasteiger partial charge on any atom is -0.481 e. The summed E-state index contributed by atoms with van der Waals surface area (Å²) in [6, 6.07) is 9.35. The van der Waals surface area contributed by atoms with Crippen LogP contribution in [0.2, 0.25) is 0 Å². The molecule has 0 radical (unpaired) electrons. The number of carboxylic acid groups (broad SMARTS) is 3. The van der Waals surface area contributed by atoms with E-state index in [2.05, 4.69) is 9.88 Å². The number of aliphatic carboxylic acids is 3. The summed E-state index contributed by atoms with van der Waals surface area (Å²) in [6.07, 6.45) is 0.301. The SMILES string of the molecule is COCCCN(Cc1cc(F)cc(F)c1)Cc1ccccn1.O=C(O)CC(O)(CC(=O)O)C(=O)O. The molecule has 0 aliphatic carbocycles. The summed E-state index contributed by atoms with van der Waals surface area (Å²) in [4.78, 5) is 36.9. The fourth-order valence-corrected chi connectivity index (χ4v) is 3.04. The van der Waals surface area contributed by atoms with Gasteiger partial charge in [0.05, 0.1) is 18.5 Å². The van der Waals surface area contributed by atoms with Gasteiger partial charge in [-0.2, -0.15) is 0 Å². The lowest BCUT2D eigenvalue weighted by atomic mass is 9.96. The van der Waals surface area contributed by atoms with Gasteiger partial charge in [-0.3, -0.25) is 19.5 Å². The predicted octanol–water partition coefficient (Wildman–Crippen LogP) is 2.15. The number of hydrogen-bond donors (Lipinski definition) is 4. The summed E-state index contributed by atoms with van der Waals surface area (Å²) in [5, 5.41) is 33.8. The van der Waals surface area contributed by atoms with E-state index in [1.807, 2.05) is 18.2 Å². The van der Waals surface area contributed by atoms with Crippen molar-refractivity contribution in [2.45, 2.75) is 38.0 Å². The van der Waals surface area contributed by atoms with Crippen molar-refractivity contribution in [2.75, 3.05) is 20.3 Å². The van der Waals surface area contributed by atoms with Crippen LogP contribution in [0, 0.1) is 11.6 Å². The number of halogens is 2. The first-order chi connectivity index (χ1) is 16.4. The average Bonchev–Trinajstić information content (AvgIpc) is 2.73. The van der Waals surface area contributed by atoms with E-state index in [0.717, 1.165) is 24.7 Å².